The first-order valence-corrected chi connectivity index (χ1v) is 10.6. The fourth-order valence-corrected chi connectivity index (χ4v) is 4.30. The molecule has 1 fully saturated rings. The minimum Gasteiger partial charge on any atom is -0.339 e. The van der Waals surface area contributed by atoms with Gasteiger partial charge in [-0.15, -0.1) is 10.2 Å². The maximum Gasteiger partial charge on any atom is 0.255 e. The van der Waals surface area contributed by atoms with Crippen LogP contribution >= 0.6 is 0 Å². The van der Waals surface area contributed by atoms with Gasteiger partial charge in [-0.05, 0) is 73.2 Å². The Kier molecular flexibility index (Phi) is 4.90. The molecule has 154 valence electrons. The van der Waals surface area contributed by atoms with Gasteiger partial charge in [-0.2, -0.15) is 4.80 Å². The van der Waals surface area contributed by atoms with Crippen molar-refractivity contribution < 1.29 is 4.79 Å². The van der Waals surface area contributed by atoms with E-state index in [0.717, 1.165) is 67.9 Å². The molecule has 0 N–H and O–H groups in total. The number of amides is 1. The number of hydrogen-bond acceptors (Lipinski definition) is 6. The zero-order valence-corrected chi connectivity index (χ0v) is 17.2. The van der Waals surface area contributed by atoms with Crippen LogP contribution in [0.1, 0.15) is 41.6 Å². The van der Waals surface area contributed by atoms with Crippen LogP contribution in [0.3, 0.4) is 0 Å². The highest BCUT2D eigenvalue weighted by atomic mass is 16.2. The third-order valence-corrected chi connectivity index (χ3v) is 5.86. The molecule has 0 bridgehead atoms. The summed E-state index contributed by atoms with van der Waals surface area (Å²) in [6, 6.07) is 10.2. The first-order valence-electron chi connectivity index (χ1n) is 10.6. The zero-order chi connectivity index (χ0) is 20.5. The van der Waals surface area contributed by atoms with Gasteiger partial charge in [0, 0.05) is 37.1 Å². The molecule has 0 unspecified atom stereocenters. The summed E-state index contributed by atoms with van der Waals surface area (Å²) < 4.78 is 0. The highest BCUT2D eigenvalue weighted by Crippen LogP contribution is 2.33. The molecule has 5 rings (SSSR count). The molecule has 8 nitrogen and oxygen atoms in total. The van der Waals surface area contributed by atoms with Gasteiger partial charge in [0.1, 0.15) is 5.82 Å². The molecule has 0 spiro atoms. The number of aryl methyl sites for hydroxylation is 2. The lowest BCUT2D eigenvalue weighted by atomic mass is 10.0. The Morgan fingerprint density at radius 3 is 2.53 bits per heavy atom. The second-order valence-corrected chi connectivity index (χ2v) is 7.96. The predicted molar refractivity (Wildman–Crippen MR) is 114 cm³/mol. The molecule has 1 aromatic carbocycles. The van der Waals surface area contributed by atoms with Crippen molar-refractivity contribution in [2.45, 2.75) is 32.1 Å². The zero-order valence-electron chi connectivity index (χ0n) is 17.2. The first kappa shape index (κ1) is 18.7. The number of tetrazole rings is 1. The quantitative estimate of drug-likeness (QED) is 0.669. The van der Waals surface area contributed by atoms with Crippen molar-refractivity contribution in [1.29, 1.82) is 0 Å². The van der Waals surface area contributed by atoms with E-state index in [1.807, 2.05) is 23.1 Å². The van der Waals surface area contributed by atoms with Crippen molar-refractivity contribution >= 4 is 17.4 Å². The third-order valence-electron chi connectivity index (χ3n) is 5.86. The number of pyridine rings is 1. The smallest absolute Gasteiger partial charge is 0.255 e. The number of hydrogen-bond donors (Lipinski definition) is 0. The van der Waals surface area contributed by atoms with Crippen LogP contribution in [0.2, 0.25) is 0 Å². The lowest BCUT2D eigenvalue weighted by Crippen LogP contribution is -2.36. The lowest BCUT2D eigenvalue weighted by Gasteiger charge is -2.31. The van der Waals surface area contributed by atoms with Gasteiger partial charge in [-0.25, -0.2) is 4.98 Å². The van der Waals surface area contributed by atoms with E-state index in [1.165, 1.54) is 11.2 Å². The number of anilines is 2. The second kappa shape index (κ2) is 7.85. The summed E-state index contributed by atoms with van der Waals surface area (Å²) in [5.41, 5.74) is 3.86. The van der Waals surface area contributed by atoms with E-state index < -0.39 is 0 Å². The molecule has 0 saturated carbocycles. The average molecular weight is 403 g/mol. The summed E-state index contributed by atoms with van der Waals surface area (Å²) in [5, 5.41) is 12.2. The van der Waals surface area contributed by atoms with Crippen molar-refractivity contribution in [3.8, 4) is 11.4 Å². The number of carbonyl (C=O) groups excluding carboxylic acids is 1. The van der Waals surface area contributed by atoms with Crippen LogP contribution in [0.4, 0.5) is 11.5 Å². The summed E-state index contributed by atoms with van der Waals surface area (Å²) >= 11 is 0. The van der Waals surface area contributed by atoms with Crippen molar-refractivity contribution in [3.05, 3.63) is 47.7 Å². The molecule has 0 radical (unpaired) electrons. The first-order chi connectivity index (χ1) is 14.7. The van der Waals surface area contributed by atoms with Gasteiger partial charge in [0.15, 0.2) is 0 Å². The Morgan fingerprint density at radius 1 is 1.00 bits per heavy atom. The van der Waals surface area contributed by atoms with E-state index in [2.05, 4.69) is 32.4 Å². The van der Waals surface area contributed by atoms with Crippen LogP contribution < -0.4 is 4.90 Å². The van der Waals surface area contributed by atoms with Crippen molar-refractivity contribution in [2.24, 2.45) is 7.05 Å². The van der Waals surface area contributed by atoms with E-state index in [-0.39, 0.29) is 5.91 Å². The summed E-state index contributed by atoms with van der Waals surface area (Å²) in [5.74, 6) is 1.67. The Morgan fingerprint density at radius 2 is 1.80 bits per heavy atom. The standard InChI is InChI=1S/C22H25N7O/c1-27-25-20(24-26-27)16-7-9-19(10-8-16)29-13-5-6-17-14-18(15-23-21(17)29)22(30)28-11-3-2-4-12-28/h7-10,14-15H,2-6,11-13H2,1H3. The van der Waals surface area contributed by atoms with Crippen LogP contribution in [-0.2, 0) is 13.5 Å². The number of rotatable bonds is 3. The van der Waals surface area contributed by atoms with Crippen LogP contribution in [0, 0.1) is 0 Å². The number of nitrogens with zero attached hydrogens (tertiary/aromatic N) is 7. The number of aromatic nitrogens is 5. The molecule has 2 aliphatic heterocycles. The van der Waals surface area contributed by atoms with E-state index in [1.54, 1.807) is 13.2 Å². The van der Waals surface area contributed by atoms with Crippen molar-refractivity contribution in [2.75, 3.05) is 24.5 Å². The van der Waals surface area contributed by atoms with Gasteiger partial charge >= 0.3 is 0 Å². The van der Waals surface area contributed by atoms with Crippen LogP contribution in [-0.4, -0.2) is 55.6 Å². The van der Waals surface area contributed by atoms with Crippen LogP contribution in [0.25, 0.3) is 11.4 Å². The number of carbonyl (C=O) groups is 1. The van der Waals surface area contributed by atoms with Gasteiger partial charge in [0.25, 0.3) is 5.91 Å². The number of fused-ring (bicyclic) bond motifs is 1. The van der Waals surface area contributed by atoms with Gasteiger partial charge in [0.2, 0.25) is 5.82 Å². The highest BCUT2D eigenvalue weighted by molar-refractivity contribution is 5.94. The van der Waals surface area contributed by atoms with E-state index in [4.69, 9.17) is 4.98 Å². The SMILES string of the molecule is Cn1nnc(-c2ccc(N3CCCc4cc(C(=O)N5CCCCC5)cnc43)cc2)n1. The van der Waals surface area contributed by atoms with E-state index in [9.17, 15) is 4.79 Å². The molecule has 1 amide bonds. The Labute approximate surface area is 175 Å². The highest BCUT2D eigenvalue weighted by Gasteiger charge is 2.24. The molecule has 30 heavy (non-hydrogen) atoms. The van der Waals surface area contributed by atoms with Gasteiger partial charge in [0.05, 0.1) is 12.6 Å². The van der Waals surface area contributed by atoms with Gasteiger partial charge < -0.3 is 9.80 Å². The molecular formula is C22H25N7O. The molecule has 1 saturated heterocycles. The van der Waals surface area contributed by atoms with Crippen LogP contribution in [0.5, 0.6) is 0 Å². The second-order valence-electron chi connectivity index (χ2n) is 7.96. The average Bonchev–Trinajstić information content (AvgIpc) is 3.25. The fourth-order valence-electron chi connectivity index (χ4n) is 4.30. The Bertz CT molecular complexity index is 1050. The monoisotopic (exact) mass is 403 g/mol. The molecule has 2 aromatic heterocycles. The predicted octanol–water partition coefficient (Wildman–Crippen LogP) is 2.98. The molecule has 3 aromatic rings. The topological polar surface area (TPSA) is 80.0 Å². The molecular weight excluding hydrogens is 378 g/mol. The van der Waals surface area contributed by atoms with Gasteiger partial charge in [-0.1, -0.05) is 0 Å². The summed E-state index contributed by atoms with van der Waals surface area (Å²) in [6.07, 6.45) is 7.12. The van der Waals surface area contributed by atoms with Crippen molar-refractivity contribution in [1.82, 2.24) is 30.1 Å². The molecule has 0 atom stereocenters. The molecule has 2 aliphatic rings. The third kappa shape index (κ3) is 3.53. The Balaban J connectivity index is 1.39. The van der Waals surface area contributed by atoms with Crippen LogP contribution in [0.15, 0.2) is 36.5 Å². The summed E-state index contributed by atoms with van der Waals surface area (Å²) in [7, 11) is 1.76. The van der Waals surface area contributed by atoms with Gasteiger partial charge in [-0.3, -0.25) is 4.79 Å². The number of piperidine rings is 1. The normalized spacial score (nSPS) is 16.4. The molecule has 8 heteroatoms. The number of likely N-dealkylation sites (tertiary alicyclic amines) is 1. The summed E-state index contributed by atoms with van der Waals surface area (Å²) in [6.45, 7) is 2.62. The van der Waals surface area contributed by atoms with E-state index >= 15 is 0 Å². The van der Waals surface area contributed by atoms with E-state index in [0.29, 0.717) is 11.4 Å². The number of benzene rings is 1. The lowest BCUT2D eigenvalue weighted by molar-refractivity contribution is 0.0724. The maximum absolute atomic E-state index is 12.9. The fraction of sp³-hybridized carbons (Fsp3) is 0.409. The minimum absolute atomic E-state index is 0.114. The minimum atomic E-state index is 0.114. The summed E-state index contributed by atoms with van der Waals surface area (Å²) in [4.78, 5) is 23.2. The Hall–Kier alpha value is -3.29. The van der Waals surface area contributed by atoms with Crippen molar-refractivity contribution in [3.63, 3.8) is 0 Å². The molecule has 0 aliphatic carbocycles. The largest absolute Gasteiger partial charge is 0.339 e. The maximum atomic E-state index is 12.9. The molecule has 4 heterocycles.